The Morgan fingerprint density at radius 1 is 1.55 bits per heavy atom. The highest BCUT2D eigenvalue weighted by Gasteiger charge is 2.42. The maximum absolute atomic E-state index is 12.7. The summed E-state index contributed by atoms with van der Waals surface area (Å²) < 4.78 is 11.2. The number of hydrogen-bond donors (Lipinski definition) is 0. The molecule has 2 aliphatic heterocycles. The van der Waals surface area contributed by atoms with E-state index < -0.39 is 0 Å². The standard InChI is InChI=1S/C17H24N2O3/c1-3-13(2)22-15-10-14(4-7-18-15)16(20)19-8-5-17(11-19)6-9-21-12-17/h4,7,10,13H,3,5-6,8-9,11-12H2,1-2H3/t13-,17-/m0/s1. The zero-order valence-electron chi connectivity index (χ0n) is 13.4. The van der Waals surface area contributed by atoms with Crippen molar-refractivity contribution < 1.29 is 14.3 Å². The molecule has 0 aliphatic carbocycles. The van der Waals surface area contributed by atoms with Gasteiger partial charge < -0.3 is 14.4 Å². The lowest BCUT2D eigenvalue weighted by atomic mass is 9.87. The number of hydrogen-bond acceptors (Lipinski definition) is 4. The Hall–Kier alpha value is -1.62. The summed E-state index contributed by atoms with van der Waals surface area (Å²) in [4.78, 5) is 18.8. The maximum atomic E-state index is 12.7. The van der Waals surface area contributed by atoms with Crippen LogP contribution in [0, 0.1) is 5.41 Å². The van der Waals surface area contributed by atoms with Crippen molar-refractivity contribution in [2.45, 2.75) is 39.2 Å². The lowest BCUT2D eigenvalue weighted by molar-refractivity contribution is 0.0764. The second-order valence-electron chi connectivity index (χ2n) is 6.50. The van der Waals surface area contributed by atoms with Gasteiger partial charge in [0.1, 0.15) is 0 Å². The molecule has 2 atom stereocenters. The van der Waals surface area contributed by atoms with Crippen LogP contribution in [0.4, 0.5) is 0 Å². The highest BCUT2D eigenvalue weighted by atomic mass is 16.5. The zero-order chi connectivity index (χ0) is 15.6. The number of rotatable bonds is 4. The predicted molar refractivity (Wildman–Crippen MR) is 83.0 cm³/mol. The summed E-state index contributed by atoms with van der Waals surface area (Å²) in [5, 5.41) is 0. The second-order valence-corrected chi connectivity index (χ2v) is 6.50. The summed E-state index contributed by atoms with van der Waals surface area (Å²) in [5.74, 6) is 0.596. The molecule has 0 bridgehead atoms. The maximum Gasteiger partial charge on any atom is 0.254 e. The van der Waals surface area contributed by atoms with Gasteiger partial charge in [-0.25, -0.2) is 4.98 Å². The SMILES string of the molecule is CC[C@H](C)Oc1cc(C(=O)N2CC[C@]3(CCOC3)C2)ccn1. The first-order chi connectivity index (χ1) is 10.6. The average Bonchev–Trinajstić information content (AvgIpc) is 3.17. The van der Waals surface area contributed by atoms with E-state index in [1.165, 1.54) is 0 Å². The zero-order valence-corrected chi connectivity index (χ0v) is 13.4. The molecule has 3 heterocycles. The van der Waals surface area contributed by atoms with Crippen molar-refractivity contribution in [1.82, 2.24) is 9.88 Å². The van der Waals surface area contributed by atoms with Gasteiger partial charge >= 0.3 is 0 Å². The molecular weight excluding hydrogens is 280 g/mol. The van der Waals surface area contributed by atoms with Gasteiger partial charge in [0.05, 0.1) is 12.7 Å². The van der Waals surface area contributed by atoms with E-state index in [1.54, 1.807) is 18.3 Å². The molecule has 0 radical (unpaired) electrons. The van der Waals surface area contributed by atoms with Gasteiger partial charge in [0.2, 0.25) is 5.88 Å². The van der Waals surface area contributed by atoms with Crippen molar-refractivity contribution in [3.05, 3.63) is 23.9 Å². The van der Waals surface area contributed by atoms with Crippen molar-refractivity contribution in [3.63, 3.8) is 0 Å². The van der Waals surface area contributed by atoms with E-state index in [-0.39, 0.29) is 17.4 Å². The van der Waals surface area contributed by atoms with E-state index in [4.69, 9.17) is 9.47 Å². The van der Waals surface area contributed by atoms with Gasteiger partial charge in [-0.3, -0.25) is 4.79 Å². The van der Waals surface area contributed by atoms with Crippen molar-refractivity contribution in [2.75, 3.05) is 26.3 Å². The van der Waals surface area contributed by atoms with E-state index in [9.17, 15) is 4.79 Å². The third-order valence-electron chi connectivity index (χ3n) is 4.79. The van der Waals surface area contributed by atoms with Gasteiger partial charge in [0.15, 0.2) is 0 Å². The number of nitrogens with zero attached hydrogens (tertiary/aromatic N) is 2. The molecule has 0 unspecified atom stereocenters. The van der Waals surface area contributed by atoms with Gasteiger partial charge in [0.25, 0.3) is 5.91 Å². The van der Waals surface area contributed by atoms with Crippen LogP contribution in [-0.2, 0) is 4.74 Å². The van der Waals surface area contributed by atoms with Crippen LogP contribution in [0.5, 0.6) is 5.88 Å². The average molecular weight is 304 g/mol. The Bertz CT molecular complexity index is 540. The number of pyridine rings is 1. The number of amides is 1. The van der Waals surface area contributed by atoms with Crippen molar-refractivity contribution in [3.8, 4) is 5.88 Å². The summed E-state index contributed by atoms with van der Waals surface area (Å²) in [6.45, 7) is 7.29. The number of aromatic nitrogens is 1. The largest absolute Gasteiger partial charge is 0.475 e. The summed E-state index contributed by atoms with van der Waals surface area (Å²) in [6.07, 6.45) is 4.77. The van der Waals surface area contributed by atoms with E-state index >= 15 is 0 Å². The summed E-state index contributed by atoms with van der Waals surface area (Å²) in [6, 6.07) is 3.52. The van der Waals surface area contributed by atoms with E-state index in [1.807, 2.05) is 11.8 Å². The molecule has 2 fully saturated rings. The summed E-state index contributed by atoms with van der Waals surface area (Å²) in [7, 11) is 0. The molecule has 0 aromatic carbocycles. The Morgan fingerprint density at radius 2 is 2.41 bits per heavy atom. The molecule has 1 spiro atoms. The van der Waals surface area contributed by atoms with Crippen LogP contribution in [0.25, 0.3) is 0 Å². The fourth-order valence-corrected chi connectivity index (χ4v) is 3.16. The third kappa shape index (κ3) is 3.09. The molecule has 22 heavy (non-hydrogen) atoms. The highest BCUT2D eigenvalue weighted by molar-refractivity contribution is 5.94. The molecule has 0 saturated carbocycles. The first kappa shape index (κ1) is 15.3. The monoisotopic (exact) mass is 304 g/mol. The van der Waals surface area contributed by atoms with Crippen molar-refractivity contribution in [2.24, 2.45) is 5.41 Å². The van der Waals surface area contributed by atoms with Crippen LogP contribution in [0.2, 0.25) is 0 Å². The van der Waals surface area contributed by atoms with Crippen molar-refractivity contribution >= 4 is 5.91 Å². The van der Waals surface area contributed by atoms with Crippen LogP contribution >= 0.6 is 0 Å². The minimum Gasteiger partial charge on any atom is -0.475 e. The molecule has 5 nitrogen and oxygen atoms in total. The van der Waals surface area contributed by atoms with Gasteiger partial charge in [-0.15, -0.1) is 0 Å². The smallest absolute Gasteiger partial charge is 0.254 e. The minimum absolute atomic E-state index is 0.0696. The van der Waals surface area contributed by atoms with E-state index in [0.29, 0.717) is 11.4 Å². The summed E-state index contributed by atoms with van der Waals surface area (Å²) >= 11 is 0. The predicted octanol–water partition coefficient (Wildman–Crippen LogP) is 2.51. The van der Waals surface area contributed by atoms with Crippen molar-refractivity contribution in [1.29, 1.82) is 0 Å². The van der Waals surface area contributed by atoms with Crippen LogP contribution in [-0.4, -0.2) is 48.2 Å². The highest BCUT2D eigenvalue weighted by Crippen LogP contribution is 2.38. The Labute approximate surface area is 131 Å². The van der Waals surface area contributed by atoms with Gasteiger partial charge in [0, 0.05) is 42.9 Å². The fourth-order valence-electron chi connectivity index (χ4n) is 3.16. The molecule has 5 heteroatoms. The molecule has 2 aliphatic rings. The number of carbonyl (C=O) groups is 1. The molecule has 1 amide bonds. The van der Waals surface area contributed by atoms with E-state index in [0.717, 1.165) is 45.6 Å². The molecule has 1 aromatic rings. The first-order valence-electron chi connectivity index (χ1n) is 8.12. The fraction of sp³-hybridized carbons (Fsp3) is 0.647. The molecule has 1 aromatic heterocycles. The number of ether oxygens (including phenoxy) is 2. The molecule has 3 rings (SSSR count). The molecular formula is C17H24N2O3. The van der Waals surface area contributed by atoms with Crippen LogP contribution in [0.1, 0.15) is 43.5 Å². The lowest BCUT2D eigenvalue weighted by Gasteiger charge is -2.22. The first-order valence-corrected chi connectivity index (χ1v) is 8.12. The third-order valence-corrected chi connectivity index (χ3v) is 4.79. The lowest BCUT2D eigenvalue weighted by Crippen LogP contribution is -2.32. The molecule has 0 N–H and O–H groups in total. The van der Waals surface area contributed by atoms with Gasteiger partial charge in [-0.05, 0) is 32.3 Å². The Morgan fingerprint density at radius 3 is 3.14 bits per heavy atom. The van der Waals surface area contributed by atoms with Gasteiger partial charge in [-0.1, -0.05) is 6.92 Å². The Balaban J connectivity index is 1.68. The van der Waals surface area contributed by atoms with Crippen LogP contribution in [0.15, 0.2) is 18.3 Å². The van der Waals surface area contributed by atoms with Crippen LogP contribution < -0.4 is 4.74 Å². The number of likely N-dealkylation sites (tertiary alicyclic amines) is 1. The number of carbonyl (C=O) groups excluding carboxylic acids is 1. The molecule has 2 saturated heterocycles. The quantitative estimate of drug-likeness (QED) is 0.857. The minimum atomic E-state index is 0.0696. The summed E-state index contributed by atoms with van der Waals surface area (Å²) in [5.41, 5.74) is 0.850. The van der Waals surface area contributed by atoms with Gasteiger partial charge in [-0.2, -0.15) is 0 Å². The second kappa shape index (κ2) is 6.24. The Kier molecular flexibility index (Phi) is 4.34. The topological polar surface area (TPSA) is 51.7 Å². The van der Waals surface area contributed by atoms with E-state index in [2.05, 4.69) is 11.9 Å². The van der Waals surface area contributed by atoms with Crippen LogP contribution in [0.3, 0.4) is 0 Å². The molecule has 120 valence electrons. The normalized spacial score (nSPS) is 25.6.